The highest BCUT2D eigenvalue weighted by Crippen LogP contribution is 2.40. The van der Waals surface area contributed by atoms with Gasteiger partial charge in [-0.05, 0) is 60.4 Å². The minimum Gasteiger partial charge on any atom is -0.494 e. The van der Waals surface area contributed by atoms with Gasteiger partial charge in [0.2, 0.25) is 0 Å². The fourth-order valence-corrected chi connectivity index (χ4v) is 2.78. The number of oxime groups is 1. The van der Waals surface area contributed by atoms with E-state index in [9.17, 15) is 5.21 Å². The monoisotopic (exact) mass is 311 g/mol. The average Bonchev–Trinajstić information content (AvgIpc) is 2.90. The average molecular weight is 311 g/mol. The van der Waals surface area contributed by atoms with Crippen molar-refractivity contribution in [1.29, 1.82) is 0 Å². The maximum atomic E-state index is 9.50. The van der Waals surface area contributed by atoms with E-state index in [2.05, 4.69) is 19.0 Å². The first-order chi connectivity index (χ1) is 11.3. The van der Waals surface area contributed by atoms with Gasteiger partial charge in [0.15, 0.2) is 0 Å². The first-order valence-corrected chi connectivity index (χ1v) is 8.05. The lowest BCUT2D eigenvalue weighted by Gasteiger charge is -2.07. The molecule has 0 aromatic heterocycles. The smallest absolute Gasteiger partial charge is 0.120 e. The van der Waals surface area contributed by atoms with Crippen LogP contribution in [0.1, 0.15) is 37.8 Å². The summed E-state index contributed by atoms with van der Waals surface area (Å²) in [4.78, 5) is 0. The summed E-state index contributed by atoms with van der Waals surface area (Å²) in [6, 6.07) is 11.8. The van der Waals surface area contributed by atoms with E-state index in [0.29, 0.717) is 18.9 Å². The van der Waals surface area contributed by atoms with Crippen molar-refractivity contribution in [2.75, 3.05) is 13.2 Å². The van der Waals surface area contributed by atoms with Crippen molar-refractivity contribution < 1.29 is 14.7 Å². The fraction of sp³-hybridized carbons (Fsp3) is 0.316. The molecule has 0 fully saturated rings. The standard InChI is InChI=1S/C19H21NO3/c1-3-9-22-13-5-7-15-16-8-6-14(23-10-4-2)12-18(16)19(20-21)17(15)11-13/h5-8,11-12,21H,3-4,9-10H2,1-2H3. The number of ether oxygens (including phenoxy) is 2. The van der Waals surface area contributed by atoms with Crippen LogP contribution in [0.5, 0.6) is 11.5 Å². The number of rotatable bonds is 6. The van der Waals surface area contributed by atoms with Gasteiger partial charge >= 0.3 is 0 Å². The van der Waals surface area contributed by atoms with Gasteiger partial charge in [0.1, 0.15) is 17.2 Å². The first kappa shape index (κ1) is 15.4. The predicted octanol–water partition coefficient (Wildman–Crippen LogP) is 4.47. The van der Waals surface area contributed by atoms with E-state index in [1.54, 1.807) is 0 Å². The second kappa shape index (κ2) is 6.73. The van der Waals surface area contributed by atoms with Crippen LogP contribution in [-0.4, -0.2) is 24.1 Å². The van der Waals surface area contributed by atoms with E-state index in [1.807, 2.05) is 36.4 Å². The van der Waals surface area contributed by atoms with E-state index in [4.69, 9.17) is 9.47 Å². The molecule has 0 spiro atoms. The SMILES string of the molecule is CCCOc1ccc2c(c1)C(=NO)c1cc(OCCC)ccc1-2. The molecule has 1 aliphatic rings. The minimum absolute atomic E-state index is 0.568. The third kappa shape index (κ3) is 2.89. The molecule has 2 aromatic carbocycles. The van der Waals surface area contributed by atoms with Crippen molar-refractivity contribution >= 4 is 5.71 Å². The molecule has 0 saturated heterocycles. The Hall–Kier alpha value is -2.49. The van der Waals surface area contributed by atoms with Crippen molar-refractivity contribution in [3.8, 4) is 22.6 Å². The number of hydrogen-bond acceptors (Lipinski definition) is 4. The molecule has 0 unspecified atom stereocenters. The van der Waals surface area contributed by atoms with Crippen LogP contribution >= 0.6 is 0 Å². The van der Waals surface area contributed by atoms with Crippen molar-refractivity contribution in [3.63, 3.8) is 0 Å². The van der Waals surface area contributed by atoms with Gasteiger partial charge in [0.05, 0.1) is 13.2 Å². The van der Waals surface area contributed by atoms with Gasteiger partial charge in [-0.15, -0.1) is 0 Å². The molecule has 4 nitrogen and oxygen atoms in total. The van der Waals surface area contributed by atoms with Gasteiger partial charge in [-0.3, -0.25) is 0 Å². The maximum Gasteiger partial charge on any atom is 0.120 e. The van der Waals surface area contributed by atoms with Crippen LogP contribution in [0.3, 0.4) is 0 Å². The van der Waals surface area contributed by atoms with Crippen LogP contribution in [0.4, 0.5) is 0 Å². The molecule has 0 amide bonds. The van der Waals surface area contributed by atoms with Crippen molar-refractivity contribution in [1.82, 2.24) is 0 Å². The highest BCUT2D eigenvalue weighted by atomic mass is 16.5. The van der Waals surface area contributed by atoms with E-state index < -0.39 is 0 Å². The molecule has 3 rings (SSSR count). The Morgan fingerprint density at radius 1 is 0.783 bits per heavy atom. The second-order valence-corrected chi connectivity index (χ2v) is 5.56. The molecular formula is C19H21NO3. The Morgan fingerprint density at radius 2 is 1.26 bits per heavy atom. The molecule has 0 atom stereocenters. The largest absolute Gasteiger partial charge is 0.494 e. The Kier molecular flexibility index (Phi) is 4.51. The lowest BCUT2D eigenvalue weighted by molar-refractivity contribution is 0.316. The van der Waals surface area contributed by atoms with E-state index in [1.165, 1.54) is 0 Å². The highest BCUT2D eigenvalue weighted by Gasteiger charge is 2.26. The third-order valence-electron chi connectivity index (χ3n) is 3.83. The molecule has 23 heavy (non-hydrogen) atoms. The predicted molar refractivity (Wildman–Crippen MR) is 90.9 cm³/mol. The summed E-state index contributed by atoms with van der Waals surface area (Å²) >= 11 is 0. The summed E-state index contributed by atoms with van der Waals surface area (Å²) in [5, 5.41) is 13.0. The van der Waals surface area contributed by atoms with Crippen LogP contribution < -0.4 is 9.47 Å². The Balaban J connectivity index is 1.99. The minimum atomic E-state index is 0.568. The molecule has 0 heterocycles. The van der Waals surface area contributed by atoms with E-state index in [-0.39, 0.29) is 0 Å². The number of fused-ring (bicyclic) bond motifs is 3. The first-order valence-electron chi connectivity index (χ1n) is 8.05. The van der Waals surface area contributed by atoms with Gasteiger partial charge in [-0.25, -0.2) is 0 Å². The van der Waals surface area contributed by atoms with E-state index >= 15 is 0 Å². The van der Waals surface area contributed by atoms with E-state index in [0.717, 1.165) is 46.6 Å². The van der Waals surface area contributed by atoms with Gasteiger partial charge in [0.25, 0.3) is 0 Å². The molecular weight excluding hydrogens is 290 g/mol. The fourth-order valence-electron chi connectivity index (χ4n) is 2.78. The van der Waals surface area contributed by atoms with Crippen LogP contribution in [0, 0.1) is 0 Å². The molecule has 1 aliphatic carbocycles. The summed E-state index contributed by atoms with van der Waals surface area (Å²) < 4.78 is 11.4. The van der Waals surface area contributed by atoms with Crippen molar-refractivity contribution in [2.45, 2.75) is 26.7 Å². The Bertz CT molecular complexity index is 678. The molecule has 2 aromatic rings. The molecule has 0 bridgehead atoms. The van der Waals surface area contributed by atoms with Crippen molar-refractivity contribution in [2.24, 2.45) is 5.16 Å². The zero-order valence-corrected chi connectivity index (χ0v) is 13.5. The summed E-state index contributed by atoms with van der Waals surface area (Å²) in [5.74, 6) is 1.59. The molecule has 0 aliphatic heterocycles. The maximum absolute atomic E-state index is 9.50. The van der Waals surface area contributed by atoms with Crippen LogP contribution in [0.25, 0.3) is 11.1 Å². The summed E-state index contributed by atoms with van der Waals surface area (Å²) in [7, 11) is 0. The normalized spacial score (nSPS) is 11.8. The zero-order chi connectivity index (χ0) is 16.2. The number of hydrogen-bond donors (Lipinski definition) is 1. The highest BCUT2D eigenvalue weighted by molar-refractivity contribution is 6.24. The number of nitrogens with zero attached hydrogens (tertiary/aromatic N) is 1. The van der Waals surface area contributed by atoms with Gasteiger partial charge < -0.3 is 14.7 Å². The van der Waals surface area contributed by atoms with Gasteiger partial charge in [-0.1, -0.05) is 19.0 Å². The second-order valence-electron chi connectivity index (χ2n) is 5.56. The topological polar surface area (TPSA) is 51.0 Å². The molecule has 120 valence electrons. The molecule has 0 saturated carbocycles. The van der Waals surface area contributed by atoms with Crippen LogP contribution in [0.15, 0.2) is 41.6 Å². The molecule has 1 N–H and O–H groups in total. The lowest BCUT2D eigenvalue weighted by Crippen LogP contribution is -2.01. The molecule has 0 radical (unpaired) electrons. The van der Waals surface area contributed by atoms with Gasteiger partial charge in [-0.2, -0.15) is 0 Å². The quantitative estimate of drug-likeness (QED) is 0.540. The summed E-state index contributed by atoms with van der Waals surface area (Å²) in [6.07, 6.45) is 1.91. The number of benzene rings is 2. The Morgan fingerprint density at radius 3 is 1.65 bits per heavy atom. The summed E-state index contributed by atoms with van der Waals surface area (Å²) in [6.45, 7) is 5.49. The van der Waals surface area contributed by atoms with Crippen molar-refractivity contribution in [3.05, 3.63) is 47.5 Å². The van der Waals surface area contributed by atoms with Gasteiger partial charge in [0, 0.05) is 11.1 Å². The van der Waals surface area contributed by atoms with Crippen LogP contribution in [-0.2, 0) is 0 Å². The molecule has 4 heteroatoms. The zero-order valence-electron chi connectivity index (χ0n) is 13.5. The Labute approximate surface area is 136 Å². The third-order valence-corrected chi connectivity index (χ3v) is 3.83. The lowest BCUT2D eigenvalue weighted by atomic mass is 10.1. The van der Waals surface area contributed by atoms with Crippen LogP contribution in [0.2, 0.25) is 0 Å². The summed E-state index contributed by atoms with van der Waals surface area (Å²) in [5.41, 5.74) is 4.46.